The smallest absolute Gasteiger partial charge is 0.137 e. The molecule has 37 heavy (non-hydrogen) atoms. The highest BCUT2D eigenvalue weighted by molar-refractivity contribution is 6.32. The molecular formula is C30H41ClN2O4. The molecule has 3 aliphatic rings. The number of nitrogens with zero attached hydrogens (tertiary/aromatic N) is 2. The summed E-state index contributed by atoms with van der Waals surface area (Å²) in [6.45, 7) is 10.8. The highest BCUT2D eigenvalue weighted by Crippen LogP contribution is 2.47. The third-order valence-corrected chi connectivity index (χ3v) is 9.10. The molecule has 2 unspecified atom stereocenters. The Bertz CT molecular complexity index is 1070. The van der Waals surface area contributed by atoms with Crippen LogP contribution in [0.3, 0.4) is 0 Å². The number of fused-ring (bicyclic) bond motifs is 2. The van der Waals surface area contributed by atoms with Crippen LogP contribution in [0, 0.1) is 13.8 Å². The molecular weight excluding hydrogens is 488 g/mol. The summed E-state index contributed by atoms with van der Waals surface area (Å²) in [5.74, 6) is 1.62. The van der Waals surface area contributed by atoms with Crippen LogP contribution in [0.4, 0.5) is 0 Å². The molecule has 3 fully saturated rings. The van der Waals surface area contributed by atoms with Crippen molar-refractivity contribution in [3.8, 4) is 11.5 Å². The van der Waals surface area contributed by atoms with Gasteiger partial charge in [-0.2, -0.15) is 0 Å². The zero-order chi connectivity index (χ0) is 26.0. The number of ether oxygens (including phenoxy) is 3. The summed E-state index contributed by atoms with van der Waals surface area (Å²) in [5, 5.41) is 12.3. The van der Waals surface area contributed by atoms with Gasteiger partial charge in [0, 0.05) is 38.3 Å². The van der Waals surface area contributed by atoms with Crippen LogP contribution in [0.15, 0.2) is 30.3 Å². The summed E-state index contributed by atoms with van der Waals surface area (Å²) >= 11 is 6.24. The first kappa shape index (κ1) is 26.8. The molecule has 3 saturated heterocycles. The number of halogens is 1. The number of hydrogen-bond acceptors (Lipinski definition) is 6. The summed E-state index contributed by atoms with van der Waals surface area (Å²) in [4.78, 5) is 5.07. The third kappa shape index (κ3) is 5.79. The van der Waals surface area contributed by atoms with Crippen LogP contribution in [0.25, 0.3) is 0 Å². The summed E-state index contributed by atoms with van der Waals surface area (Å²) in [6, 6.07) is 10.8. The van der Waals surface area contributed by atoms with Gasteiger partial charge in [0.05, 0.1) is 37.6 Å². The van der Waals surface area contributed by atoms with Crippen LogP contribution in [-0.4, -0.2) is 73.6 Å². The van der Waals surface area contributed by atoms with E-state index in [2.05, 4.69) is 35.8 Å². The molecule has 0 radical (unpaired) electrons. The van der Waals surface area contributed by atoms with Crippen molar-refractivity contribution < 1.29 is 19.3 Å². The average Bonchev–Trinajstić information content (AvgIpc) is 3.15. The molecule has 3 aliphatic heterocycles. The number of morpholine rings is 1. The summed E-state index contributed by atoms with van der Waals surface area (Å²) < 4.78 is 17.0. The molecule has 2 bridgehead atoms. The number of rotatable bonds is 9. The van der Waals surface area contributed by atoms with Gasteiger partial charge in [-0.25, -0.2) is 0 Å². The van der Waals surface area contributed by atoms with Crippen LogP contribution in [0.1, 0.15) is 54.4 Å². The minimum Gasteiger partial charge on any atom is -0.495 e. The predicted molar refractivity (Wildman–Crippen MR) is 147 cm³/mol. The van der Waals surface area contributed by atoms with E-state index in [9.17, 15) is 5.11 Å². The molecule has 3 heterocycles. The lowest BCUT2D eigenvalue weighted by atomic mass is 9.80. The second-order valence-corrected chi connectivity index (χ2v) is 11.4. The van der Waals surface area contributed by atoms with Crippen molar-refractivity contribution >= 4 is 11.6 Å². The van der Waals surface area contributed by atoms with E-state index in [1.54, 1.807) is 7.11 Å². The first-order valence-electron chi connectivity index (χ1n) is 13.7. The van der Waals surface area contributed by atoms with E-state index in [0.29, 0.717) is 22.9 Å². The Balaban J connectivity index is 1.20. The van der Waals surface area contributed by atoms with Gasteiger partial charge in [0.2, 0.25) is 0 Å². The van der Waals surface area contributed by atoms with Gasteiger partial charge in [-0.1, -0.05) is 23.7 Å². The Morgan fingerprint density at radius 1 is 1.03 bits per heavy atom. The van der Waals surface area contributed by atoms with Crippen molar-refractivity contribution in [2.24, 2.45) is 0 Å². The van der Waals surface area contributed by atoms with Crippen molar-refractivity contribution in [3.05, 3.63) is 57.6 Å². The molecule has 7 heteroatoms. The first-order chi connectivity index (χ1) is 17.9. The molecule has 6 nitrogen and oxygen atoms in total. The van der Waals surface area contributed by atoms with Crippen molar-refractivity contribution in [1.29, 1.82) is 0 Å². The molecule has 1 N–H and O–H groups in total. The van der Waals surface area contributed by atoms with Crippen LogP contribution in [-0.2, 0) is 16.9 Å². The van der Waals surface area contributed by atoms with Gasteiger partial charge in [0.25, 0.3) is 0 Å². The summed E-state index contributed by atoms with van der Waals surface area (Å²) in [5.41, 5.74) is 3.97. The van der Waals surface area contributed by atoms with Gasteiger partial charge < -0.3 is 19.3 Å². The number of benzene rings is 2. The zero-order valence-electron chi connectivity index (χ0n) is 22.5. The number of piperidine rings is 1. The minimum absolute atomic E-state index is 0.362. The van der Waals surface area contributed by atoms with Crippen LogP contribution in [0.5, 0.6) is 11.5 Å². The fourth-order valence-electron chi connectivity index (χ4n) is 6.43. The fourth-order valence-corrected chi connectivity index (χ4v) is 6.63. The molecule has 0 aliphatic carbocycles. The molecule has 202 valence electrons. The molecule has 2 aromatic rings. The molecule has 0 aromatic heterocycles. The van der Waals surface area contributed by atoms with Crippen molar-refractivity contribution in [1.82, 2.24) is 9.80 Å². The van der Waals surface area contributed by atoms with Crippen molar-refractivity contribution in [3.63, 3.8) is 0 Å². The average molecular weight is 529 g/mol. The van der Waals surface area contributed by atoms with Gasteiger partial charge in [-0.05, 0) is 86.4 Å². The highest BCUT2D eigenvalue weighted by atomic mass is 35.5. The Morgan fingerprint density at radius 3 is 2.46 bits per heavy atom. The quantitative estimate of drug-likeness (QED) is 0.458. The first-order valence-corrected chi connectivity index (χ1v) is 14.1. The van der Waals surface area contributed by atoms with E-state index < -0.39 is 5.60 Å². The highest BCUT2D eigenvalue weighted by Gasteiger charge is 2.48. The minimum atomic E-state index is -0.843. The van der Waals surface area contributed by atoms with Gasteiger partial charge in [-0.3, -0.25) is 9.80 Å². The summed E-state index contributed by atoms with van der Waals surface area (Å²) in [6.07, 6.45) is 4.74. The van der Waals surface area contributed by atoms with E-state index in [4.69, 9.17) is 25.8 Å². The lowest BCUT2D eigenvalue weighted by Gasteiger charge is -2.44. The lowest BCUT2D eigenvalue weighted by Crippen LogP contribution is -2.49. The fraction of sp³-hybridized carbons (Fsp3) is 0.600. The predicted octanol–water partition coefficient (Wildman–Crippen LogP) is 5.08. The van der Waals surface area contributed by atoms with E-state index >= 15 is 0 Å². The van der Waals surface area contributed by atoms with Crippen molar-refractivity contribution in [2.45, 2.75) is 70.2 Å². The standard InChI is InChI=1S/C30H41ClN2O4/c1-21-22(2)28(37-14-4-11-32-12-15-36-16-13-32)10-5-23(21)20-33-25-7-8-26(33)19-30(34,18-25)24-6-9-27(31)29(17-24)35-3/h5-6,9-10,17,25-26,34H,4,7-8,11-16,18-20H2,1-3H3. The van der Waals surface area contributed by atoms with Crippen molar-refractivity contribution in [2.75, 3.05) is 46.6 Å². The Labute approximate surface area is 226 Å². The molecule has 5 rings (SSSR count). The van der Waals surface area contributed by atoms with Gasteiger partial charge in [-0.15, -0.1) is 0 Å². The van der Waals surface area contributed by atoms with Gasteiger partial charge in [0.1, 0.15) is 11.5 Å². The second kappa shape index (κ2) is 11.5. The molecule has 2 aromatic carbocycles. The maximum Gasteiger partial charge on any atom is 0.137 e. The Hall–Kier alpha value is -1.83. The largest absolute Gasteiger partial charge is 0.495 e. The lowest BCUT2D eigenvalue weighted by molar-refractivity contribution is -0.0596. The second-order valence-electron chi connectivity index (χ2n) is 11.0. The molecule has 0 amide bonds. The van der Waals surface area contributed by atoms with E-state index in [1.165, 1.54) is 16.7 Å². The SMILES string of the molecule is COc1cc(C2(O)CC3CCC(C2)N3Cc2ccc(OCCCN3CCOCC3)c(C)c2C)ccc1Cl. The van der Waals surface area contributed by atoms with Gasteiger partial charge in [0.15, 0.2) is 0 Å². The van der Waals surface area contributed by atoms with Crippen LogP contribution >= 0.6 is 11.6 Å². The monoisotopic (exact) mass is 528 g/mol. The molecule has 0 saturated carbocycles. The van der Waals surface area contributed by atoms with Gasteiger partial charge >= 0.3 is 0 Å². The van der Waals surface area contributed by atoms with E-state index in [1.807, 2.05) is 18.2 Å². The number of aliphatic hydroxyl groups is 1. The topological polar surface area (TPSA) is 54.4 Å². The maximum atomic E-state index is 11.7. The number of methoxy groups -OCH3 is 1. The zero-order valence-corrected chi connectivity index (χ0v) is 23.2. The summed E-state index contributed by atoms with van der Waals surface area (Å²) in [7, 11) is 1.62. The normalized spacial score (nSPS) is 26.4. The van der Waals surface area contributed by atoms with E-state index in [-0.39, 0.29) is 0 Å². The van der Waals surface area contributed by atoms with E-state index in [0.717, 1.165) is 89.4 Å². The molecule has 2 atom stereocenters. The number of hydrogen-bond donors (Lipinski definition) is 1. The molecule has 0 spiro atoms. The third-order valence-electron chi connectivity index (χ3n) is 8.79. The Kier molecular flexibility index (Phi) is 8.32. The van der Waals surface area contributed by atoms with Crippen LogP contribution < -0.4 is 9.47 Å². The maximum absolute atomic E-state index is 11.7. The van der Waals surface area contributed by atoms with Crippen LogP contribution in [0.2, 0.25) is 5.02 Å². The Morgan fingerprint density at radius 2 is 1.76 bits per heavy atom.